The maximum absolute atomic E-state index is 5.68. The first-order valence-electron chi connectivity index (χ1n) is 7.58. The minimum absolute atomic E-state index is 0.715. The molecule has 0 heterocycles. The first-order valence-corrected chi connectivity index (χ1v) is 7.58. The Morgan fingerprint density at radius 1 is 0.895 bits per heavy atom. The minimum atomic E-state index is 0.715. The van der Waals surface area contributed by atoms with Crippen LogP contribution in [0.25, 0.3) is 0 Å². The van der Waals surface area contributed by atoms with E-state index in [1.807, 2.05) is 6.92 Å². The smallest absolute Gasteiger partial charge is 0.114 e. The Morgan fingerprint density at radius 3 is 2.42 bits per heavy atom. The highest BCUT2D eigenvalue weighted by molar-refractivity contribution is 5.15. The second-order valence-electron chi connectivity index (χ2n) is 4.66. The van der Waals surface area contributed by atoms with Gasteiger partial charge < -0.3 is 14.2 Å². The average Bonchev–Trinajstić information content (AvgIpc) is 2.46. The van der Waals surface area contributed by atoms with Gasteiger partial charge in [0.15, 0.2) is 0 Å². The van der Waals surface area contributed by atoms with Crippen LogP contribution < -0.4 is 0 Å². The van der Waals surface area contributed by atoms with E-state index in [-0.39, 0.29) is 0 Å². The topological polar surface area (TPSA) is 27.7 Å². The molecule has 0 N–H and O–H groups in total. The number of allylic oxidation sites excluding steroid dienone is 3. The molecule has 0 atom stereocenters. The Hall–Kier alpha value is -0.800. The first kappa shape index (κ1) is 16.3. The SMILES string of the molecule is CCOCCOCCCCCCOC1=CCCC=C1. The summed E-state index contributed by atoms with van der Waals surface area (Å²) in [6.45, 7) is 5.89. The molecule has 19 heavy (non-hydrogen) atoms. The van der Waals surface area contributed by atoms with Crippen molar-refractivity contribution in [2.75, 3.05) is 33.0 Å². The van der Waals surface area contributed by atoms with E-state index in [1.165, 1.54) is 12.8 Å². The summed E-state index contributed by atoms with van der Waals surface area (Å²) in [5.41, 5.74) is 0. The fraction of sp³-hybridized carbons (Fsp3) is 0.750. The van der Waals surface area contributed by atoms with E-state index in [1.54, 1.807) is 0 Å². The molecule has 0 fully saturated rings. The largest absolute Gasteiger partial charge is 0.494 e. The van der Waals surface area contributed by atoms with Gasteiger partial charge >= 0.3 is 0 Å². The van der Waals surface area contributed by atoms with E-state index >= 15 is 0 Å². The predicted molar refractivity (Wildman–Crippen MR) is 78.2 cm³/mol. The van der Waals surface area contributed by atoms with Crippen LogP contribution in [0.2, 0.25) is 0 Å². The van der Waals surface area contributed by atoms with Gasteiger partial charge in [0.2, 0.25) is 0 Å². The third-order valence-corrected chi connectivity index (χ3v) is 2.99. The zero-order chi connectivity index (χ0) is 13.6. The maximum atomic E-state index is 5.68. The van der Waals surface area contributed by atoms with E-state index in [0.29, 0.717) is 6.61 Å². The molecule has 110 valence electrons. The molecule has 3 nitrogen and oxygen atoms in total. The molecule has 0 radical (unpaired) electrons. The van der Waals surface area contributed by atoms with Crippen LogP contribution in [0.4, 0.5) is 0 Å². The Balaban J connectivity index is 1.76. The highest BCUT2D eigenvalue weighted by Crippen LogP contribution is 2.11. The summed E-state index contributed by atoms with van der Waals surface area (Å²) in [4.78, 5) is 0. The monoisotopic (exact) mass is 268 g/mol. The third kappa shape index (κ3) is 9.74. The summed E-state index contributed by atoms with van der Waals surface area (Å²) in [5, 5.41) is 0. The van der Waals surface area contributed by atoms with E-state index < -0.39 is 0 Å². The standard InChI is InChI=1S/C16H28O3/c1-2-17-14-15-18-12-8-3-4-9-13-19-16-10-6-5-7-11-16/h6,10-11H,2-5,7-9,12-15H2,1H3. The van der Waals surface area contributed by atoms with Crippen LogP contribution in [0.15, 0.2) is 24.0 Å². The van der Waals surface area contributed by atoms with Crippen LogP contribution in [0, 0.1) is 0 Å². The van der Waals surface area contributed by atoms with Crippen molar-refractivity contribution in [1.82, 2.24) is 0 Å². The molecule has 1 aliphatic carbocycles. The van der Waals surface area contributed by atoms with E-state index in [9.17, 15) is 0 Å². The normalized spacial score (nSPS) is 14.5. The fourth-order valence-corrected chi connectivity index (χ4v) is 1.91. The lowest BCUT2D eigenvalue weighted by Gasteiger charge is -2.09. The van der Waals surface area contributed by atoms with Crippen LogP contribution in [-0.4, -0.2) is 33.0 Å². The molecule has 0 unspecified atom stereocenters. The number of unbranched alkanes of at least 4 members (excludes halogenated alkanes) is 3. The summed E-state index contributed by atoms with van der Waals surface area (Å²) >= 11 is 0. The van der Waals surface area contributed by atoms with Crippen molar-refractivity contribution in [2.45, 2.75) is 45.4 Å². The summed E-state index contributed by atoms with van der Waals surface area (Å²) in [6, 6.07) is 0. The van der Waals surface area contributed by atoms with Crippen LogP contribution >= 0.6 is 0 Å². The summed E-state index contributed by atoms with van der Waals surface area (Å²) in [5.74, 6) is 1.05. The molecule has 1 aliphatic rings. The van der Waals surface area contributed by atoms with Crippen molar-refractivity contribution < 1.29 is 14.2 Å². The summed E-state index contributed by atoms with van der Waals surface area (Å²) < 4.78 is 16.3. The van der Waals surface area contributed by atoms with Gasteiger partial charge in [0, 0.05) is 13.2 Å². The molecule has 0 aromatic rings. The molecule has 0 bridgehead atoms. The van der Waals surface area contributed by atoms with Gasteiger partial charge in [-0.3, -0.25) is 0 Å². The molecular weight excluding hydrogens is 240 g/mol. The predicted octanol–water partition coefficient (Wildman–Crippen LogP) is 3.85. The van der Waals surface area contributed by atoms with Gasteiger partial charge in [0.25, 0.3) is 0 Å². The molecule has 0 spiro atoms. The molecule has 0 aliphatic heterocycles. The molecule has 0 saturated carbocycles. The fourth-order valence-electron chi connectivity index (χ4n) is 1.91. The van der Waals surface area contributed by atoms with Gasteiger partial charge in [-0.25, -0.2) is 0 Å². The van der Waals surface area contributed by atoms with Crippen molar-refractivity contribution in [3.05, 3.63) is 24.0 Å². The summed E-state index contributed by atoms with van der Waals surface area (Å²) in [7, 11) is 0. The van der Waals surface area contributed by atoms with Crippen LogP contribution in [0.3, 0.4) is 0 Å². The van der Waals surface area contributed by atoms with E-state index in [4.69, 9.17) is 14.2 Å². The molecule has 0 amide bonds. The van der Waals surface area contributed by atoms with Crippen LogP contribution in [0.1, 0.15) is 45.4 Å². The number of hydrogen-bond acceptors (Lipinski definition) is 3. The van der Waals surface area contributed by atoms with Crippen LogP contribution in [0.5, 0.6) is 0 Å². The quantitative estimate of drug-likeness (QED) is 0.503. The van der Waals surface area contributed by atoms with Gasteiger partial charge in [-0.05, 0) is 51.2 Å². The highest BCUT2D eigenvalue weighted by atomic mass is 16.5. The maximum Gasteiger partial charge on any atom is 0.114 e. The lowest BCUT2D eigenvalue weighted by Crippen LogP contribution is -2.05. The molecule has 0 aromatic heterocycles. The number of hydrogen-bond donors (Lipinski definition) is 0. The zero-order valence-electron chi connectivity index (χ0n) is 12.2. The molecule has 1 rings (SSSR count). The Kier molecular flexibility index (Phi) is 10.5. The number of rotatable bonds is 12. The second-order valence-corrected chi connectivity index (χ2v) is 4.66. The Morgan fingerprint density at radius 2 is 1.68 bits per heavy atom. The minimum Gasteiger partial charge on any atom is -0.494 e. The average molecular weight is 268 g/mol. The molecule has 0 saturated heterocycles. The lowest BCUT2D eigenvalue weighted by molar-refractivity contribution is 0.0511. The zero-order valence-corrected chi connectivity index (χ0v) is 12.2. The van der Waals surface area contributed by atoms with E-state index in [0.717, 1.165) is 57.9 Å². The molecular formula is C16H28O3. The second kappa shape index (κ2) is 12.2. The highest BCUT2D eigenvalue weighted by Gasteiger charge is 1.98. The molecule has 0 aromatic carbocycles. The van der Waals surface area contributed by atoms with Crippen molar-refractivity contribution in [3.63, 3.8) is 0 Å². The van der Waals surface area contributed by atoms with Crippen LogP contribution in [-0.2, 0) is 14.2 Å². The van der Waals surface area contributed by atoms with Gasteiger partial charge in [0.05, 0.1) is 19.8 Å². The first-order chi connectivity index (χ1) is 9.43. The van der Waals surface area contributed by atoms with Crippen molar-refractivity contribution in [3.8, 4) is 0 Å². The van der Waals surface area contributed by atoms with Crippen molar-refractivity contribution in [1.29, 1.82) is 0 Å². The van der Waals surface area contributed by atoms with Gasteiger partial charge in [0.1, 0.15) is 5.76 Å². The number of ether oxygens (including phenoxy) is 3. The Bertz CT molecular complexity index is 259. The third-order valence-electron chi connectivity index (χ3n) is 2.99. The lowest BCUT2D eigenvalue weighted by atomic mass is 10.2. The van der Waals surface area contributed by atoms with Gasteiger partial charge in [-0.2, -0.15) is 0 Å². The van der Waals surface area contributed by atoms with Crippen molar-refractivity contribution >= 4 is 0 Å². The summed E-state index contributed by atoms with van der Waals surface area (Å²) in [6.07, 6.45) is 13.4. The van der Waals surface area contributed by atoms with E-state index in [2.05, 4.69) is 18.2 Å². The molecule has 3 heteroatoms. The Labute approximate surface area is 117 Å². The van der Waals surface area contributed by atoms with Gasteiger partial charge in [-0.1, -0.05) is 12.5 Å². The van der Waals surface area contributed by atoms with Crippen molar-refractivity contribution in [2.24, 2.45) is 0 Å². The van der Waals surface area contributed by atoms with Gasteiger partial charge in [-0.15, -0.1) is 0 Å².